The Morgan fingerprint density at radius 3 is 2.07 bits per heavy atom. The van der Waals surface area contributed by atoms with E-state index in [0.29, 0.717) is 42.3 Å². The van der Waals surface area contributed by atoms with Gasteiger partial charge in [-0.1, -0.05) is 36.4 Å². The van der Waals surface area contributed by atoms with Crippen LogP contribution in [0.1, 0.15) is 22.8 Å². The van der Waals surface area contributed by atoms with E-state index < -0.39 is 24.0 Å². The summed E-state index contributed by atoms with van der Waals surface area (Å²) in [6.45, 7) is 1.86. The molecule has 1 spiro atoms. The Morgan fingerprint density at radius 2 is 1.49 bits per heavy atom. The smallest absolute Gasteiger partial charge is 0.335 e. The third kappa shape index (κ3) is 7.93. The maximum absolute atomic E-state index is 13.7. The van der Waals surface area contributed by atoms with E-state index in [1.165, 1.54) is 24.3 Å². The zero-order valence-electron chi connectivity index (χ0n) is 25.0. The Labute approximate surface area is 260 Å². The first kappa shape index (κ1) is 31.8. The second kappa shape index (κ2) is 14.5. The maximum atomic E-state index is 13.7. The third-order valence-electron chi connectivity index (χ3n) is 7.56. The highest BCUT2D eigenvalue weighted by Gasteiger charge is 2.49. The third-order valence-corrected chi connectivity index (χ3v) is 7.56. The van der Waals surface area contributed by atoms with Gasteiger partial charge in [0.1, 0.15) is 29.2 Å². The molecule has 0 N–H and O–H groups in total. The number of carbonyl (C=O) groups excluding carboxylic acids is 2. The van der Waals surface area contributed by atoms with Crippen LogP contribution in [-0.2, 0) is 23.8 Å². The number of carbonyl (C=O) groups is 2. The minimum Gasteiger partial charge on any atom is -0.497 e. The van der Waals surface area contributed by atoms with Crippen LogP contribution in [0.25, 0.3) is 6.08 Å². The van der Waals surface area contributed by atoms with Crippen molar-refractivity contribution in [1.29, 1.82) is 0 Å². The monoisotopic (exact) mass is 620 g/mol. The van der Waals surface area contributed by atoms with Crippen molar-refractivity contribution in [3.8, 4) is 11.5 Å². The summed E-state index contributed by atoms with van der Waals surface area (Å²) in [6, 6.07) is 17.3. The van der Waals surface area contributed by atoms with E-state index in [4.69, 9.17) is 23.7 Å². The van der Waals surface area contributed by atoms with Crippen LogP contribution in [0, 0.1) is 11.6 Å². The van der Waals surface area contributed by atoms with Crippen LogP contribution < -0.4 is 9.47 Å². The number of hydrogen-bond acceptors (Lipinski definition) is 9. The van der Waals surface area contributed by atoms with Crippen molar-refractivity contribution < 1.29 is 42.1 Å². The number of nitrogens with zero attached hydrogens (tertiary/aromatic N) is 2. The van der Waals surface area contributed by atoms with Gasteiger partial charge in [0.05, 0.1) is 27.4 Å². The van der Waals surface area contributed by atoms with Crippen molar-refractivity contribution in [1.82, 2.24) is 9.80 Å². The van der Waals surface area contributed by atoms with Gasteiger partial charge in [0.15, 0.2) is 0 Å². The summed E-state index contributed by atoms with van der Waals surface area (Å²) in [5.41, 5.74) is 2.19. The van der Waals surface area contributed by atoms with Crippen molar-refractivity contribution in [3.05, 3.63) is 113 Å². The second-order valence-corrected chi connectivity index (χ2v) is 10.5. The lowest BCUT2D eigenvalue weighted by Gasteiger charge is -2.47. The Bertz CT molecular complexity index is 1480. The van der Waals surface area contributed by atoms with Gasteiger partial charge in [0.25, 0.3) is 0 Å². The van der Waals surface area contributed by atoms with Gasteiger partial charge in [-0.2, -0.15) is 0 Å². The van der Waals surface area contributed by atoms with Crippen LogP contribution in [0.2, 0.25) is 0 Å². The molecule has 3 aromatic carbocycles. The fourth-order valence-electron chi connectivity index (χ4n) is 5.30. The molecule has 2 heterocycles. The van der Waals surface area contributed by atoms with Crippen LogP contribution in [0.4, 0.5) is 8.78 Å². The van der Waals surface area contributed by atoms with E-state index in [1.807, 2.05) is 35.3 Å². The Kier molecular flexibility index (Phi) is 10.2. The summed E-state index contributed by atoms with van der Waals surface area (Å²) >= 11 is 0. The predicted molar refractivity (Wildman–Crippen MR) is 161 cm³/mol. The van der Waals surface area contributed by atoms with E-state index in [2.05, 4.69) is 0 Å². The summed E-state index contributed by atoms with van der Waals surface area (Å²) in [6.07, 6.45) is 5.31. The fourth-order valence-corrected chi connectivity index (χ4v) is 5.30. The van der Waals surface area contributed by atoms with Gasteiger partial charge in [-0.3, -0.25) is 4.90 Å². The molecule has 2 aliphatic rings. The van der Waals surface area contributed by atoms with Gasteiger partial charge in [0.2, 0.25) is 0 Å². The van der Waals surface area contributed by atoms with E-state index >= 15 is 0 Å². The molecule has 1 fully saturated rings. The zero-order chi connectivity index (χ0) is 31.8. The average Bonchev–Trinajstić information content (AvgIpc) is 3.18. The maximum Gasteiger partial charge on any atom is 0.335 e. The molecule has 0 amide bonds. The molecule has 9 nitrogen and oxygen atoms in total. The van der Waals surface area contributed by atoms with Crippen molar-refractivity contribution in [2.45, 2.75) is 12.0 Å². The summed E-state index contributed by atoms with van der Waals surface area (Å²) < 4.78 is 55.9. The minimum absolute atomic E-state index is 0.0884. The fraction of sp³-hybridized carbons (Fsp3) is 0.294. The summed E-state index contributed by atoms with van der Waals surface area (Å²) in [5.74, 6) is -2.51. The number of methoxy groups -OCH3 is 2. The first-order valence-electron chi connectivity index (χ1n) is 14.4. The molecule has 1 saturated heterocycles. The number of piperazine rings is 1. The first-order chi connectivity index (χ1) is 21.8. The molecule has 0 aliphatic carbocycles. The van der Waals surface area contributed by atoms with Gasteiger partial charge in [-0.25, -0.2) is 23.3 Å². The molecule has 0 saturated carbocycles. The van der Waals surface area contributed by atoms with Crippen molar-refractivity contribution in [3.63, 3.8) is 0 Å². The molecular weight excluding hydrogens is 586 g/mol. The first-order valence-corrected chi connectivity index (χ1v) is 14.4. The highest BCUT2D eigenvalue weighted by molar-refractivity contribution is 5.93. The second-order valence-electron chi connectivity index (χ2n) is 10.5. The molecule has 3 aromatic rings. The highest BCUT2D eigenvalue weighted by atomic mass is 19.1. The molecule has 45 heavy (non-hydrogen) atoms. The molecule has 0 atom stereocenters. The Morgan fingerprint density at radius 1 is 0.867 bits per heavy atom. The minimum atomic E-state index is -1.69. The SMILES string of the molecule is COc1ccc(OC)c(/C=C/CN2CCN(CCOC(c3ccc(F)cc3)c3ccc(F)cc3)C3(C2)OC(=O)C=CC(=O)O3)c1. The standard InChI is InChI=1S/C34H34F2N2O7/c1-41-29-13-14-30(42-2)26(22-29)4-3-17-37-18-19-38(34(23-37)44-31(39)15-16-32(40)45-34)20-21-43-33(24-5-9-27(35)10-6-24)25-7-11-28(36)12-8-25/h3-16,22,33H,17-21,23H2,1-2H3/b4-3+. The van der Waals surface area contributed by atoms with Crippen LogP contribution in [-0.4, -0.2) is 81.2 Å². The van der Waals surface area contributed by atoms with E-state index in [0.717, 1.165) is 17.7 Å². The molecule has 11 heteroatoms. The number of ether oxygens (including phenoxy) is 5. The zero-order valence-corrected chi connectivity index (χ0v) is 25.0. The van der Waals surface area contributed by atoms with Gasteiger partial charge in [0, 0.05) is 43.9 Å². The van der Waals surface area contributed by atoms with Crippen LogP contribution in [0.3, 0.4) is 0 Å². The molecule has 0 radical (unpaired) electrons. The van der Waals surface area contributed by atoms with Gasteiger partial charge < -0.3 is 23.7 Å². The molecule has 5 rings (SSSR count). The van der Waals surface area contributed by atoms with Crippen molar-refractivity contribution >= 4 is 18.0 Å². The van der Waals surface area contributed by atoms with Crippen LogP contribution in [0.5, 0.6) is 11.5 Å². The lowest BCUT2D eigenvalue weighted by Crippen LogP contribution is -2.66. The van der Waals surface area contributed by atoms with Crippen LogP contribution >= 0.6 is 0 Å². The Balaban J connectivity index is 1.31. The van der Waals surface area contributed by atoms with Gasteiger partial charge in [-0.05, 0) is 53.6 Å². The lowest BCUT2D eigenvalue weighted by atomic mass is 10.0. The molecule has 236 valence electrons. The number of halogens is 2. The van der Waals surface area contributed by atoms with Crippen molar-refractivity contribution in [2.75, 3.05) is 53.6 Å². The topological polar surface area (TPSA) is 86.8 Å². The molecule has 0 unspecified atom stereocenters. The molecule has 0 bridgehead atoms. The average molecular weight is 621 g/mol. The van der Waals surface area contributed by atoms with E-state index in [-0.39, 0.29) is 31.3 Å². The Hall–Kier alpha value is -4.58. The number of hydrogen-bond donors (Lipinski definition) is 0. The molecule has 2 aliphatic heterocycles. The predicted octanol–water partition coefficient (Wildman–Crippen LogP) is 4.73. The normalized spacial score (nSPS) is 17.0. The van der Waals surface area contributed by atoms with Crippen molar-refractivity contribution in [2.24, 2.45) is 0 Å². The van der Waals surface area contributed by atoms with Gasteiger partial charge >= 0.3 is 17.8 Å². The lowest BCUT2D eigenvalue weighted by molar-refractivity contribution is -0.300. The van der Waals surface area contributed by atoms with Crippen LogP contribution in [0.15, 0.2) is 85.0 Å². The summed E-state index contributed by atoms with van der Waals surface area (Å²) in [5, 5.41) is 0. The molecular formula is C34H34F2N2O7. The highest BCUT2D eigenvalue weighted by Crippen LogP contribution is 2.30. The van der Waals surface area contributed by atoms with E-state index in [1.54, 1.807) is 43.4 Å². The largest absolute Gasteiger partial charge is 0.497 e. The number of rotatable bonds is 11. The van der Waals surface area contributed by atoms with E-state index in [9.17, 15) is 18.4 Å². The summed E-state index contributed by atoms with van der Waals surface area (Å²) in [4.78, 5) is 28.9. The number of esters is 2. The molecule has 0 aromatic heterocycles. The van der Waals surface area contributed by atoms with Gasteiger partial charge in [-0.15, -0.1) is 0 Å². The number of benzene rings is 3. The summed E-state index contributed by atoms with van der Waals surface area (Å²) in [7, 11) is 3.19. The quantitative estimate of drug-likeness (QED) is 0.283.